The van der Waals surface area contributed by atoms with Crippen molar-refractivity contribution in [1.82, 2.24) is 20.4 Å². The minimum absolute atomic E-state index is 0. The van der Waals surface area contributed by atoms with Crippen molar-refractivity contribution in [2.75, 3.05) is 20.1 Å². The SMILES string of the molecule is CNC1CCN(C(=O)c2n[nH]c3ccccc23)CC1.Cl. The Hall–Kier alpha value is -1.59. The number of likely N-dealkylation sites (tertiary alicyclic amines) is 1. The summed E-state index contributed by atoms with van der Waals surface area (Å²) < 4.78 is 0. The molecule has 6 heteroatoms. The smallest absolute Gasteiger partial charge is 0.274 e. The molecule has 1 fully saturated rings. The van der Waals surface area contributed by atoms with Crippen LogP contribution in [0.4, 0.5) is 0 Å². The second-order valence-electron chi connectivity index (χ2n) is 4.97. The molecule has 1 amide bonds. The molecule has 2 heterocycles. The number of carbonyl (C=O) groups excluding carboxylic acids is 1. The van der Waals surface area contributed by atoms with Gasteiger partial charge in [0.05, 0.1) is 5.52 Å². The van der Waals surface area contributed by atoms with Gasteiger partial charge in [0.1, 0.15) is 0 Å². The zero-order valence-corrected chi connectivity index (χ0v) is 12.2. The Balaban J connectivity index is 0.00000147. The summed E-state index contributed by atoms with van der Waals surface area (Å²) in [5.74, 6) is 0.0343. The van der Waals surface area contributed by atoms with Gasteiger partial charge in [0.2, 0.25) is 0 Å². The van der Waals surface area contributed by atoms with Gasteiger partial charge in [0, 0.05) is 24.5 Å². The zero-order chi connectivity index (χ0) is 13.2. The Morgan fingerprint density at radius 3 is 2.75 bits per heavy atom. The normalized spacial score (nSPS) is 16.1. The highest BCUT2D eigenvalue weighted by atomic mass is 35.5. The van der Waals surface area contributed by atoms with E-state index in [1.807, 2.05) is 36.2 Å². The fraction of sp³-hybridized carbons (Fsp3) is 0.429. The number of halogens is 1. The van der Waals surface area contributed by atoms with E-state index in [9.17, 15) is 4.79 Å². The number of amides is 1. The molecule has 1 aromatic heterocycles. The predicted octanol–water partition coefficient (Wildman–Crippen LogP) is 1.81. The number of hydrogen-bond acceptors (Lipinski definition) is 3. The van der Waals surface area contributed by atoms with Gasteiger partial charge >= 0.3 is 0 Å². The van der Waals surface area contributed by atoms with Gasteiger partial charge in [0.25, 0.3) is 5.91 Å². The number of H-pyrrole nitrogens is 1. The molecule has 0 spiro atoms. The van der Waals surface area contributed by atoms with E-state index < -0.39 is 0 Å². The number of fused-ring (bicyclic) bond motifs is 1. The first-order valence-electron chi connectivity index (χ1n) is 6.69. The summed E-state index contributed by atoms with van der Waals surface area (Å²) in [7, 11) is 1.98. The Bertz CT molecular complexity index is 590. The number of rotatable bonds is 2. The first-order valence-corrected chi connectivity index (χ1v) is 6.69. The van der Waals surface area contributed by atoms with Gasteiger partial charge in [-0.25, -0.2) is 0 Å². The van der Waals surface area contributed by atoms with Crippen LogP contribution in [0.25, 0.3) is 10.9 Å². The highest BCUT2D eigenvalue weighted by Gasteiger charge is 2.25. The molecular formula is C14H19ClN4O. The van der Waals surface area contributed by atoms with E-state index in [2.05, 4.69) is 15.5 Å². The number of para-hydroxylation sites is 1. The van der Waals surface area contributed by atoms with Crippen molar-refractivity contribution in [3.8, 4) is 0 Å². The van der Waals surface area contributed by atoms with Crippen LogP contribution in [0, 0.1) is 0 Å². The van der Waals surface area contributed by atoms with E-state index >= 15 is 0 Å². The van der Waals surface area contributed by atoms with Crippen molar-refractivity contribution in [1.29, 1.82) is 0 Å². The van der Waals surface area contributed by atoms with Crippen LogP contribution in [0.5, 0.6) is 0 Å². The van der Waals surface area contributed by atoms with E-state index in [-0.39, 0.29) is 18.3 Å². The van der Waals surface area contributed by atoms with Crippen LogP contribution >= 0.6 is 12.4 Å². The molecule has 1 aliphatic rings. The highest BCUT2D eigenvalue weighted by molar-refractivity contribution is 6.04. The highest BCUT2D eigenvalue weighted by Crippen LogP contribution is 2.19. The van der Waals surface area contributed by atoms with Gasteiger partial charge in [-0.2, -0.15) is 5.10 Å². The molecule has 0 bridgehead atoms. The second kappa shape index (κ2) is 6.24. The van der Waals surface area contributed by atoms with Gasteiger partial charge in [-0.15, -0.1) is 12.4 Å². The molecule has 2 N–H and O–H groups in total. The van der Waals surface area contributed by atoms with Crippen molar-refractivity contribution in [3.05, 3.63) is 30.0 Å². The summed E-state index contributed by atoms with van der Waals surface area (Å²) in [6, 6.07) is 8.27. The van der Waals surface area contributed by atoms with Crippen LogP contribution in [-0.2, 0) is 0 Å². The largest absolute Gasteiger partial charge is 0.337 e. The molecule has 20 heavy (non-hydrogen) atoms. The quantitative estimate of drug-likeness (QED) is 0.888. The predicted molar refractivity (Wildman–Crippen MR) is 81.3 cm³/mol. The van der Waals surface area contributed by atoms with Crippen molar-refractivity contribution in [2.45, 2.75) is 18.9 Å². The van der Waals surface area contributed by atoms with E-state index in [4.69, 9.17) is 0 Å². The third-order valence-electron chi connectivity index (χ3n) is 3.86. The van der Waals surface area contributed by atoms with Crippen LogP contribution in [0.1, 0.15) is 23.3 Å². The van der Waals surface area contributed by atoms with Crippen LogP contribution in [0.15, 0.2) is 24.3 Å². The molecule has 0 radical (unpaired) electrons. The van der Waals surface area contributed by atoms with E-state index in [1.165, 1.54) is 0 Å². The first kappa shape index (κ1) is 14.8. The van der Waals surface area contributed by atoms with Crippen LogP contribution in [0.3, 0.4) is 0 Å². The number of aromatic amines is 1. The number of nitrogens with one attached hydrogen (secondary N) is 2. The van der Waals surface area contributed by atoms with E-state index in [0.717, 1.165) is 36.8 Å². The third-order valence-corrected chi connectivity index (χ3v) is 3.86. The van der Waals surface area contributed by atoms with E-state index in [0.29, 0.717) is 11.7 Å². The minimum atomic E-state index is 0. The molecule has 3 rings (SSSR count). The number of benzene rings is 1. The fourth-order valence-electron chi connectivity index (χ4n) is 2.65. The van der Waals surface area contributed by atoms with Crippen molar-refractivity contribution in [3.63, 3.8) is 0 Å². The number of nitrogens with zero attached hydrogens (tertiary/aromatic N) is 2. The first-order chi connectivity index (χ1) is 9.29. The average molecular weight is 295 g/mol. The summed E-state index contributed by atoms with van der Waals surface area (Å²) in [4.78, 5) is 14.4. The summed E-state index contributed by atoms with van der Waals surface area (Å²) in [5, 5.41) is 11.3. The number of aromatic nitrogens is 2. The van der Waals surface area contributed by atoms with Crippen molar-refractivity contribution in [2.24, 2.45) is 0 Å². The van der Waals surface area contributed by atoms with Gasteiger partial charge in [-0.05, 0) is 26.0 Å². The molecule has 0 saturated carbocycles. The maximum absolute atomic E-state index is 12.5. The van der Waals surface area contributed by atoms with Crippen molar-refractivity contribution < 1.29 is 4.79 Å². The van der Waals surface area contributed by atoms with E-state index in [1.54, 1.807) is 0 Å². The lowest BCUT2D eigenvalue weighted by Crippen LogP contribution is -2.44. The fourth-order valence-corrected chi connectivity index (χ4v) is 2.65. The van der Waals surface area contributed by atoms with Gasteiger partial charge in [-0.1, -0.05) is 18.2 Å². The molecule has 0 atom stereocenters. The maximum atomic E-state index is 12.5. The third kappa shape index (κ3) is 2.64. The molecule has 5 nitrogen and oxygen atoms in total. The summed E-state index contributed by atoms with van der Waals surface area (Å²) >= 11 is 0. The van der Waals surface area contributed by atoms with Crippen LogP contribution in [-0.4, -0.2) is 47.2 Å². The maximum Gasteiger partial charge on any atom is 0.274 e. The van der Waals surface area contributed by atoms with Gasteiger partial charge < -0.3 is 10.2 Å². The number of piperidine rings is 1. The van der Waals surface area contributed by atoms with Crippen LogP contribution in [0.2, 0.25) is 0 Å². The topological polar surface area (TPSA) is 61.0 Å². The molecule has 1 aliphatic heterocycles. The number of hydrogen-bond donors (Lipinski definition) is 2. The van der Waals surface area contributed by atoms with Crippen LogP contribution < -0.4 is 5.32 Å². The molecule has 1 saturated heterocycles. The molecule has 108 valence electrons. The molecule has 0 aliphatic carbocycles. The number of carbonyl (C=O) groups is 1. The molecular weight excluding hydrogens is 276 g/mol. The summed E-state index contributed by atoms with van der Waals surface area (Å²) in [6.07, 6.45) is 2.01. The minimum Gasteiger partial charge on any atom is -0.337 e. The summed E-state index contributed by atoms with van der Waals surface area (Å²) in [6.45, 7) is 1.59. The van der Waals surface area contributed by atoms with Gasteiger partial charge in [0.15, 0.2) is 5.69 Å². The average Bonchev–Trinajstić information content (AvgIpc) is 2.90. The van der Waals surface area contributed by atoms with Gasteiger partial charge in [-0.3, -0.25) is 9.89 Å². The standard InChI is InChI=1S/C14H18N4O.ClH/c1-15-10-6-8-18(9-7-10)14(19)13-11-4-2-3-5-12(11)16-17-13;/h2-5,10,15H,6-9H2,1H3,(H,16,17);1H. The molecule has 2 aromatic rings. The Morgan fingerprint density at radius 2 is 2.05 bits per heavy atom. The Kier molecular flexibility index (Phi) is 4.62. The lowest BCUT2D eigenvalue weighted by molar-refractivity contribution is 0.0703. The lowest BCUT2D eigenvalue weighted by atomic mass is 10.0. The second-order valence-corrected chi connectivity index (χ2v) is 4.97. The Morgan fingerprint density at radius 1 is 1.35 bits per heavy atom. The Labute approximate surface area is 124 Å². The molecule has 1 aromatic carbocycles. The lowest BCUT2D eigenvalue weighted by Gasteiger charge is -2.31. The monoisotopic (exact) mass is 294 g/mol. The summed E-state index contributed by atoms with van der Waals surface area (Å²) in [5.41, 5.74) is 1.45. The zero-order valence-electron chi connectivity index (χ0n) is 11.4. The van der Waals surface area contributed by atoms with Crippen molar-refractivity contribution >= 4 is 29.2 Å². The molecule has 0 unspecified atom stereocenters.